The normalized spacial score (nSPS) is 15.5. The van der Waals surface area contributed by atoms with Crippen molar-refractivity contribution in [2.45, 2.75) is 25.7 Å². The lowest BCUT2D eigenvalue weighted by atomic mass is 9.88. The van der Waals surface area contributed by atoms with E-state index in [0.717, 1.165) is 28.2 Å². The number of hydrogen-bond donors (Lipinski definition) is 2. The predicted octanol–water partition coefficient (Wildman–Crippen LogP) is 5.38. The molecule has 0 bridgehead atoms. The first-order chi connectivity index (χ1) is 14.1. The van der Waals surface area contributed by atoms with E-state index in [1.165, 1.54) is 11.3 Å². The van der Waals surface area contributed by atoms with Gasteiger partial charge in [-0.25, -0.2) is 4.79 Å². The van der Waals surface area contributed by atoms with Gasteiger partial charge >= 0.3 is 5.97 Å². The van der Waals surface area contributed by atoms with Gasteiger partial charge in [0.05, 0.1) is 12.3 Å². The molecular weight excluding hydrogens is 386 g/mol. The van der Waals surface area contributed by atoms with Gasteiger partial charge in [0.25, 0.3) is 0 Å². The van der Waals surface area contributed by atoms with Crippen molar-refractivity contribution in [3.05, 3.63) is 69.9 Å². The number of benzene rings is 2. The Bertz CT molecular complexity index is 1040. The molecule has 0 radical (unpaired) electrons. The van der Waals surface area contributed by atoms with E-state index in [1.807, 2.05) is 54.6 Å². The summed E-state index contributed by atoms with van der Waals surface area (Å²) < 4.78 is 5.65. The third kappa shape index (κ3) is 3.76. The number of aromatic carboxylic acids is 1. The smallest absolute Gasteiger partial charge is 0.346 e. The molecule has 2 N–H and O–H groups in total. The molecule has 1 aromatic heterocycles. The van der Waals surface area contributed by atoms with E-state index in [1.54, 1.807) is 0 Å². The largest absolute Gasteiger partial charge is 0.494 e. The minimum atomic E-state index is -0.987. The molecule has 6 heteroatoms. The van der Waals surface area contributed by atoms with E-state index in [0.29, 0.717) is 17.9 Å². The van der Waals surface area contributed by atoms with Crippen LogP contribution >= 0.6 is 11.3 Å². The Morgan fingerprint density at radius 3 is 2.55 bits per heavy atom. The number of carbonyl (C=O) groups excluding carboxylic acids is 1. The van der Waals surface area contributed by atoms with Gasteiger partial charge < -0.3 is 15.2 Å². The molecule has 2 aromatic carbocycles. The highest BCUT2D eigenvalue weighted by Crippen LogP contribution is 2.49. The predicted molar refractivity (Wildman–Crippen MR) is 114 cm³/mol. The highest BCUT2D eigenvalue weighted by atomic mass is 32.1. The molecule has 1 aliphatic heterocycles. The van der Waals surface area contributed by atoms with Crippen LogP contribution in [-0.2, 0) is 4.79 Å². The summed E-state index contributed by atoms with van der Waals surface area (Å²) in [7, 11) is 0. The molecule has 148 valence electrons. The molecule has 1 amide bonds. The fraction of sp³-hybridized carbons (Fsp3) is 0.217. The highest BCUT2D eigenvalue weighted by Gasteiger charge is 2.34. The average Bonchev–Trinajstić information content (AvgIpc) is 3.12. The van der Waals surface area contributed by atoms with Crippen molar-refractivity contribution in [2.75, 3.05) is 11.9 Å². The van der Waals surface area contributed by atoms with E-state index in [9.17, 15) is 14.7 Å². The summed E-state index contributed by atoms with van der Waals surface area (Å²) in [5.41, 5.74) is 2.96. The van der Waals surface area contributed by atoms with E-state index in [2.05, 4.69) is 12.2 Å². The molecular formula is C23H21NO4S. The van der Waals surface area contributed by atoms with Crippen molar-refractivity contribution in [1.82, 2.24) is 0 Å². The quantitative estimate of drug-likeness (QED) is 0.575. The van der Waals surface area contributed by atoms with Crippen LogP contribution in [0.1, 0.15) is 45.8 Å². The van der Waals surface area contributed by atoms with Crippen molar-refractivity contribution in [2.24, 2.45) is 0 Å². The van der Waals surface area contributed by atoms with E-state index in [4.69, 9.17) is 4.74 Å². The topological polar surface area (TPSA) is 75.6 Å². The van der Waals surface area contributed by atoms with Crippen molar-refractivity contribution in [3.63, 3.8) is 0 Å². The summed E-state index contributed by atoms with van der Waals surface area (Å²) in [4.78, 5) is 25.6. The molecule has 0 fully saturated rings. The summed E-state index contributed by atoms with van der Waals surface area (Å²) in [6.07, 6.45) is 1.22. The van der Waals surface area contributed by atoms with Gasteiger partial charge in [0.15, 0.2) is 0 Å². The minimum Gasteiger partial charge on any atom is -0.494 e. The van der Waals surface area contributed by atoms with Crippen molar-refractivity contribution in [1.29, 1.82) is 0 Å². The first-order valence-electron chi connectivity index (χ1n) is 9.56. The van der Waals surface area contributed by atoms with Crippen molar-refractivity contribution >= 4 is 28.9 Å². The van der Waals surface area contributed by atoms with Crippen molar-refractivity contribution in [3.8, 4) is 16.9 Å². The van der Waals surface area contributed by atoms with Gasteiger partial charge in [-0.3, -0.25) is 4.79 Å². The number of hydrogen-bond acceptors (Lipinski definition) is 4. The monoisotopic (exact) mass is 407 g/mol. The van der Waals surface area contributed by atoms with Crippen LogP contribution in [0.4, 0.5) is 5.69 Å². The zero-order valence-electron chi connectivity index (χ0n) is 16.0. The number of anilines is 1. The van der Waals surface area contributed by atoms with Gasteiger partial charge in [0.1, 0.15) is 10.6 Å². The Labute approximate surface area is 173 Å². The van der Waals surface area contributed by atoms with Crippen LogP contribution in [0.5, 0.6) is 5.75 Å². The number of rotatable bonds is 6. The Hall–Kier alpha value is -3.12. The zero-order chi connectivity index (χ0) is 20.4. The molecule has 0 unspecified atom stereocenters. The second kappa shape index (κ2) is 8.09. The van der Waals surface area contributed by atoms with Crippen LogP contribution in [0.15, 0.2) is 54.6 Å². The third-order valence-electron chi connectivity index (χ3n) is 4.92. The van der Waals surface area contributed by atoms with E-state index >= 15 is 0 Å². The second-order valence-electron chi connectivity index (χ2n) is 6.94. The fourth-order valence-corrected chi connectivity index (χ4v) is 4.85. The number of nitrogens with one attached hydrogen (secondary N) is 1. The molecule has 0 aliphatic carbocycles. The number of ether oxygens (including phenoxy) is 1. The van der Waals surface area contributed by atoms with Gasteiger partial charge in [0, 0.05) is 22.8 Å². The van der Waals surface area contributed by atoms with Gasteiger partial charge in [-0.05, 0) is 29.7 Å². The molecule has 0 saturated carbocycles. The number of thiophene rings is 1. The molecule has 29 heavy (non-hydrogen) atoms. The van der Waals surface area contributed by atoms with Gasteiger partial charge in [0.2, 0.25) is 5.91 Å². The van der Waals surface area contributed by atoms with Gasteiger partial charge in [-0.15, -0.1) is 11.3 Å². The fourth-order valence-electron chi connectivity index (χ4n) is 3.60. The number of fused-ring (bicyclic) bond motifs is 1. The molecule has 0 spiro atoms. The average molecular weight is 407 g/mol. The maximum Gasteiger partial charge on any atom is 0.346 e. The SMILES string of the molecule is CCCOc1ccc([C@H]2CC(=O)Nc3c2sc(C(=O)O)c3-c2ccccc2)cc1. The zero-order valence-corrected chi connectivity index (χ0v) is 16.8. The van der Waals surface area contributed by atoms with Crippen molar-refractivity contribution < 1.29 is 19.4 Å². The number of carboxylic acid groups (broad SMARTS) is 1. The number of carbonyl (C=O) groups is 2. The van der Waals surface area contributed by atoms with Crippen LogP contribution in [-0.4, -0.2) is 23.6 Å². The molecule has 1 aliphatic rings. The summed E-state index contributed by atoms with van der Waals surface area (Å²) in [5.74, 6) is -0.488. The maximum atomic E-state index is 12.5. The van der Waals surface area contributed by atoms with Crippen LogP contribution in [0, 0.1) is 0 Å². The standard InChI is InChI=1S/C23H21NO4S/c1-2-12-28-16-10-8-14(9-11-16)17-13-18(25)24-20-19(15-6-4-3-5-7-15)22(23(26)27)29-21(17)20/h3-11,17H,2,12-13H2,1H3,(H,24,25)(H,26,27)/t17-/m1/s1. The van der Waals surface area contributed by atoms with Crippen LogP contribution < -0.4 is 10.1 Å². The molecule has 5 nitrogen and oxygen atoms in total. The third-order valence-corrected chi connectivity index (χ3v) is 6.21. The molecule has 1 atom stereocenters. The lowest BCUT2D eigenvalue weighted by Gasteiger charge is -2.24. The van der Waals surface area contributed by atoms with E-state index in [-0.39, 0.29) is 23.1 Å². The van der Waals surface area contributed by atoms with Gasteiger partial charge in [-0.2, -0.15) is 0 Å². The molecule has 4 rings (SSSR count). The highest BCUT2D eigenvalue weighted by molar-refractivity contribution is 7.15. The van der Waals surface area contributed by atoms with Crippen LogP contribution in [0.25, 0.3) is 11.1 Å². The summed E-state index contributed by atoms with van der Waals surface area (Å²) in [6.45, 7) is 2.71. The van der Waals surface area contributed by atoms with E-state index < -0.39 is 5.97 Å². The Kier molecular flexibility index (Phi) is 5.36. The first-order valence-corrected chi connectivity index (χ1v) is 10.4. The Morgan fingerprint density at radius 2 is 1.90 bits per heavy atom. The van der Waals surface area contributed by atoms with Gasteiger partial charge in [-0.1, -0.05) is 49.4 Å². The summed E-state index contributed by atoms with van der Waals surface area (Å²) in [5, 5.41) is 12.7. The minimum absolute atomic E-state index is 0.110. The van der Waals surface area contributed by atoms with Crippen LogP contribution in [0.3, 0.4) is 0 Å². The number of amides is 1. The lowest BCUT2D eigenvalue weighted by molar-refractivity contribution is -0.116. The van der Waals surface area contributed by atoms with Crippen LogP contribution in [0.2, 0.25) is 0 Å². The lowest BCUT2D eigenvalue weighted by Crippen LogP contribution is -2.22. The molecule has 0 saturated heterocycles. The second-order valence-corrected chi connectivity index (χ2v) is 7.99. The number of carboxylic acids is 1. The summed E-state index contributed by atoms with van der Waals surface area (Å²) in [6, 6.07) is 17.1. The molecule has 3 aromatic rings. The maximum absolute atomic E-state index is 12.5. The summed E-state index contributed by atoms with van der Waals surface area (Å²) >= 11 is 1.24. The molecule has 2 heterocycles. The Morgan fingerprint density at radius 1 is 1.17 bits per heavy atom. The first kappa shape index (κ1) is 19.2. The Balaban J connectivity index is 1.79.